The van der Waals surface area contributed by atoms with Crippen LogP contribution in [0, 0.1) is 0 Å². The fourth-order valence-corrected chi connectivity index (χ4v) is 3.12. The molecule has 0 spiro atoms. The Labute approximate surface area is 118 Å². The third-order valence-electron chi connectivity index (χ3n) is 3.40. The number of nitrogens with one attached hydrogen (secondary N) is 1. The van der Waals surface area contributed by atoms with Crippen molar-refractivity contribution in [2.24, 2.45) is 0 Å². The van der Waals surface area contributed by atoms with Gasteiger partial charge in [0.15, 0.2) is 0 Å². The third kappa shape index (κ3) is 3.76. The Hall–Kier alpha value is -0.460. The molecular weight excluding hydrogens is 274 g/mol. The van der Waals surface area contributed by atoms with E-state index in [1.54, 1.807) is 16.7 Å². The lowest BCUT2D eigenvalue weighted by Crippen LogP contribution is -2.47. The van der Waals surface area contributed by atoms with E-state index in [9.17, 15) is 9.59 Å². The molecule has 18 heavy (non-hydrogen) atoms. The Morgan fingerprint density at radius 1 is 1.50 bits per heavy atom. The summed E-state index contributed by atoms with van der Waals surface area (Å²) >= 11 is 1.58. The zero-order chi connectivity index (χ0) is 12.3. The van der Waals surface area contributed by atoms with Gasteiger partial charge in [-0.3, -0.25) is 9.59 Å². The van der Waals surface area contributed by atoms with E-state index in [1.807, 2.05) is 11.9 Å². The van der Waals surface area contributed by atoms with E-state index in [-0.39, 0.29) is 30.8 Å². The summed E-state index contributed by atoms with van der Waals surface area (Å²) in [5.41, 5.74) is 0. The van der Waals surface area contributed by atoms with Gasteiger partial charge in [-0.25, -0.2) is 0 Å². The van der Waals surface area contributed by atoms with E-state index >= 15 is 0 Å². The maximum atomic E-state index is 12.0. The molecule has 0 atom stereocenters. The number of nitrogens with zero attached hydrogens (tertiary/aromatic N) is 2. The molecule has 0 saturated carbocycles. The van der Waals surface area contributed by atoms with Gasteiger partial charge in [0.1, 0.15) is 6.54 Å². The third-order valence-corrected chi connectivity index (χ3v) is 4.35. The minimum Gasteiger partial charge on any atom is -0.341 e. The summed E-state index contributed by atoms with van der Waals surface area (Å²) in [7, 11) is 1.85. The van der Waals surface area contributed by atoms with E-state index in [4.69, 9.17) is 0 Å². The zero-order valence-corrected chi connectivity index (χ0v) is 12.2. The Morgan fingerprint density at radius 3 is 2.72 bits per heavy atom. The molecule has 2 fully saturated rings. The average molecular weight is 294 g/mol. The number of hydrogen-bond donors (Lipinski definition) is 1. The fraction of sp³-hybridized carbons (Fsp3) is 0.818. The van der Waals surface area contributed by atoms with Crippen LogP contribution in [0.4, 0.5) is 0 Å². The van der Waals surface area contributed by atoms with Crippen molar-refractivity contribution in [3.05, 3.63) is 0 Å². The van der Waals surface area contributed by atoms with Crippen molar-refractivity contribution in [1.29, 1.82) is 0 Å². The van der Waals surface area contributed by atoms with E-state index < -0.39 is 0 Å². The van der Waals surface area contributed by atoms with Crippen LogP contribution in [0.25, 0.3) is 0 Å². The van der Waals surface area contributed by atoms with Crippen LogP contribution >= 0.6 is 24.2 Å². The van der Waals surface area contributed by atoms with Gasteiger partial charge >= 0.3 is 0 Å². The Bertz CT molecular complexity index is 311. The van der Waals surface area contributed by atoms with Gasteiger partial charge in [-0.1, -0.05) is 0 Å². The smallest absolute Gasteiger partial charge is 0.242 e. The van der Waals surface area contributed by atoms with E-state index in [0.29, 0.717) is 17.7 Å². The maximum absolute atomic E-state index is 12.0. The van der Waals surface area contributed by atoms with Gasteiger partial charge in [-0.2, -0.15) is 0 Å². The highest BCUT2D eigenvalue weighted by Crippen LogP contribution is 2.16. The van der Waals surface area contributed by atoms with Crippen molar-refractivity contribution in [2.45, 2.75) is 18.9 Å². The van der Waals surface area contributed by atoms with Gasteiger partial charge in [-0.05, 0) is 25.9 Å². The summed E-state index contributed by atoms with van der Waals surface area (Å²) in [5, 5.41) is 3.28. The SMILES string of the molecule is CN(C(=O)CN1CSCC1=O)C1CCNCC1.Cl. The van der Waals surface area contributed by atoms with Crippen molar-refractivity contribution in [1.82, 2.24) is 15.1 Å². The number of amides is 2. The summed E-state index contributed by atoms with van der Waals surface area (Å²) < 4.78 is 0. The number of rotatable bonds is 3. The molecule has 5 nitrogen and oxygen atoms in total. The molecule has 0 aliphatic carbocycles. The van der Waals surface area contributed by atoms with Crippen LogP contribution in [0.1, 0.15) is 12.8 Å². The number of carbonyl (C=O) groups excluding carboxylic acids is 2. The predicted octanol–water partition coefficient (Wildman–Crippen LogP) is 0.151. The molecular formula is C11H20ClN3O2S. The number of halogens is 1. The number of piperidine rings is 1. The van der Waals surface area contributed by atoms with Gasteiger partial charge in [-0.15, -0.1) is 24.2 Å². The number of hydrogen-bond acceptors (Lipinski definition) is 4. The lowest BCUT2D eigenvalue weighted by molar-refractivity contribution is -0.138. The highest BCUT2D eigenvalue weighted by Gasteiger charge is 2.27. The van der Waals surface area contributed by atoms with Gasteiger partial charge in [0.2, 0.25) is 11.8 Å². The molecule has 0 bridgehead atoms. The highest BCUT2D eigenvalue weighted by atomic mass is 35.5. The summed E-state index contributed by atoms with van der Waals surface area (Å²) in [4.78, 5) is 26.9. The maximum Gasteiger partial charge on any atom is 0.242 e. The largest absolute Gasteiger partial charge is 0.341 e. The molecule has 0 unspecified atom stereocenters. The van der Waals surface area contributed by atoms with Crippen LogP contribution in [-0.4, -0.2) is 66.0 Å². The molecule has 1 N–H and O–H groups in total. The Balaban J connectivity index is 0.00000162. The normalized spacial score (nSPS) is 20.7. The number of likely N-dealkylation sites (N-methyl/N-ethyl adjacent to an activating group) is 1. The summed E-state index contributed by atoms with van der Waals surface area (Å²) in [5.74, 6) is 1.32. The van der Waals surface area contributed by atoms with E-state index in [1.165, 1.54) is 0 Å². The first kappa shape index (κ1) is 15.6. The summed E-state index contributed by atoms with van der Waals surface area (Å²) in [6.45, 7) is 2.19. The van der Waals surface area contributed by atoms with Crippen LogP contribution in [0.3, 0.4) is 0 Å². The molecule has 2 aliphatic rings. The minimum absolute atomic E-state index is 0. The molecule has 0 aromatic heterocycles. The second kappa shape index (κ2) is 7.21. The van der Waals surface area contributed by atoms with Crippen molar-refractivity contribution in [2.75, 3.05) is 38.3 Å². The van der Waals surface area contributed by atoms with Gasteiger partial charge in [0.05, 0.1) is 11.6 Å². The molecule has 2 heterocycles. The van der Waals surface area contributed by atoms with Gasteiger partial charge in [0.25, 0.3) is 0 Å². The van der Waals surface area contributed by atoms with Crippen molar-refractivity contribution < 1.29 is 9.59 Å². The van der Waals surface area contributed by atoms with Crippen molar-refractivity contribution in [3.63, 3.8) is 0 Å². The second-order valence-corrected chi connectivity index (χ2v) is 5.51. The fourth-order valence-electron chi connectivity index (χ4n) is 2.21. The topological polar surface area (TPSA) is 52.7 Å². The first-order valence-electron chi connectivity index (χ1n) is 6.00. The van der Waals surface area contributed by atoms with Crippen LogP contribution in [0.15, 0.2) is 0 Å². The Kier molecular flexibility index (Phi) is 6.25. The molecule has 2 rings (SSSR count). The summed E-state index contributed by atoms with van der Waals surface area (Å²) in [6.07, 6.45) is 2.01. The number of carbonyl (C=O) groups is 2. The predicted molar refractivity (Wildman–Crippen MR) is 74.9 cm³/mol. The molecule has 0 aromatic rings. The van der Waals surface area contributed by atoms with Crippen LogP contribution in [-0.2, 0) is 9.59 Å². The first-order chi connectivity index (χ1) is 8.18. The quantitative estimate of drug-likeness (QED) is 0.805. The van der Waals surface area contributed by atoms with E-state index in [0.717, 1.165) is 25.9 Å². The second-order valence-electron chi connectivity index (χ2n) is 4.56. The summed E-state index contributed by atoms with van der Waals surface area (Å²) in [6, 6.07) is 0.328. The molecule has 2 aliphatic heterocycles. The van der Waals surface area contributed by atoms with E-state index in [2.05, 4.69) is 5.32 Å². The lowest BCUT2D eigenvalue weighted by Gasteiger charge is -2.32. The molecule has 0 radical (unpaired) electrons. The van der Waals surface area contributed by atoms with Crippen LogP contribution in [0.2, 0.25) is 0 Å². The molecule has 2 amide bonds. The monoisotopic (exact) mass is 293 g/mol. The van der Waals surface area contributed by atoms with Crippen molar-refractivity contribution in [3.8, 4) is 0 Å². The van der Waals surface area contributed by atoms with Crippen LogP contribution in [0.5, 0.6) is 0 Å². The average Bonchev–Trinajstić information content (AvgIpc) is 2.75. The molecule has 104 valence electrons. The Morgan fingerprint density at radius 2 is 2.17 bits per heavy atom. The van der Waals surface area contributed by atoms with Crippen molar-refractivity contribution >= 4 is 36.0 Å². The van der Waals surface area contributed by atoms with Gasteiger partial charge in [0, 0.05) is 13.1 Å². The molecule has 7 heteroatoms. The molecule has 2 saturated heterocycles. The lowest BCUT2D eigenvalue weighted by atomic mass is 10.1. The van der Waals surface area contributed by atoms with Gasteiger partial charge < -0.3 is 15.1 Å². The highest BCUT2D eigenvalue weighted by molar-refractivity contribution is 8.00. The standard InChI is InChI=1S/C11H19N3O2S.ClH/c1-13(9-2-4-12-5-3-9)10(15)6-14-8-17-7-11(14)16;/h9,12H,2-8H2,1H3;1H. The number of thioether (sulfide) groups is 1. The first-order valence-corrected chi connectivity index (χ1v) is 7.16. The zero-order valence-electron chi connectivity index (χ0n) is 10.6. The molecule has 0 aromatic carbocycles. The minimum atomic E-state index is 0. The van der Waals surface area contributed by atoms with Crippen LogP contribution < -0.4 is 5.32 Å².